The van der Waals surface area contributed by atoms with Crippen LogP contribution in [-0.2, 0) is 0 Å². The first-order chi connectivity index (χ1) is 18.7. The molecule has 0 amide bonds. The number of aliphatic imine (C=N–C) groups is 1. The number of nitrogens with one attached hydrogen (secondary N) is 1. The van der Waals surface area contributed by atoms with Gasteiger partial charge in [-0.1, -0.05) is 115 Å². The first kappa shape index (κ1) is 22.3. The number of hydrogen-bond donors (Lipinski definition) is 1. The Bertz CT molecular complexity index is 1900. The lowest BCUT2D eigenvalue weighted by Crippen LogP contribution is -1.96. The van der Waals surface area contributed by atoms with Crippen LogP contribution in [0.25, 0.3) is 38.4 Å². The highest BCUT2D eigenvalue weighted by molar-refractivity contribution is 6.18. The van der Waals surface area contributed by atoms with Gasteiger partial charge in [0.15, 0.2) is 0 Å². The van der Waals surface area contributed by atoms with E-state index >= 15 is 0 Å². The van der Waals surface area contributed by atoms with Crippen LogP contribution in [0.4, 0.5) is 0 Å². The number of rotatable bonds is 4. The van der Waals surface area contributed by atoms with Gasteiger partial charge in [-0.05, 0) is 58.3 Å². The van der Waals surface area contributed by atoms with Crippen LogP contribution in [0, 0.1) is 6.92 Å². The first-order valence-electron chi connectivity index (χ1n) is 13.0. The summed E-state index contributed by atoms with van der Waals surface area (Å²) in [5.74, 6) is 0. The van der Waals surface area contributed by atoms with E-state index in [-0.39, 0.29) is 0 Å². The Labute approximate surface area is 222 Å². The Kier molecular flexibility index (Phi) is 5.37. The van der Waals surface area contributed by atoms with Gasteiger partial charge in [0.1, 0.15) is 0 Å². The molecule has 6 aromatic rings. The Balaban J connectivity index is 1.39. The molecule has 2 nitrogen and oxygen atoms in total. The van der Waals surface area contributed by atoms with Crippen LogP contribution in [0.2, 0.25) is 0 Å². The average Bonchev–Trinajstić information content (AvgIpc) is 3.65. The van der Waals surface area contributed by atoms with Crippen molar-refractivity contribution in [3.63, 3.8) is 0 Å². The van der Waals surface area contributed by atoms with Crippen molar-refractivity contribution in [3.8, 4) is 11.3 Å². The van der Waals surface area contributed by atoms with Crippen LogP contribution in [0.1, 0.15) is 22.4 Å². The SMILES string of the molecule is Cc1ccc(/C(=C2\C=CC(c3cccc4ccccc34)=N2)c2ccc(-c3cccc4ccccc34)[nH]2)cc1. The second-order valence-electron chi connectivity index (χ2n) is 9.80. The number of H-pyrrole nitrogens is 1. The predicted octanol–water partition coefficient (Wildman–Crippen LogP) is 9.12. The minimum atomic E-state index is 0.961. The first-order valence-corrected chi connectivity index (χ1v) is 13.0. The Morgan fingerprint density at radius 3 is 1.95 bits per heavy atom. The Morgan fingerprint density at radius 1 is 0.579 bits per heavy atom. The maximum atomic E-state index is 5.18. The van der Waals surface area contributed by atoms with E-state index in [1.165, 1.54) is 32.7 Å². The smallest absolute Gasteiger partial charge is 0.0737 e. The van der Waals surface area contributed by atoms with E-state index in [4.69, 9.17) is 4.99 Å². The molecule has 0 radical (unpaired) electrons. The monoisotopic (exact) mass is 486 g/mol. The maximum Gasteiger partial charge on any atom is 0.0737 e. The molecule has 7 rings (SSSR count). The van der Waals surface area contributed by atoms with Crippen molar-refractivity contribution < 1.29 is 0 Å². The van der Waals surface area contributed by atoms with Crippen molar-refractivity contribution in [2.24, 2.45) is 4.99 Å². The highest BCUT2D eigenvalue weighted by atomic mass is 14.8. The molecule has 0 bridgehead atoms. The van der Waals surface area contributed by atoms with Gasteiger partial charge in [0.2, 0.25) is 0 Å². The number of fused-ring (bicyclic) bond motifs is 2. The molecule has 38 heavy (non-hydrogen) atoms. The number of hydrogen-bond acceptors (Lipinski definition) is 1. The molecule has 0 spiro atoms. The van der Waals surface area contributed by atoms with Crippen molar-refractivity contribution in [3.05, 3.63) is 162 Å². The normalized spacial score (nSPS) is 14.3. The highest BCUT2D eigenvalue weighted by Gasteiger charge is 2.18. The Hall–Kier alpha value is -4.95. The minimum Gasteiger partial charge on any atom is -0.354 e. The molecule has 0 saturated heterocycles. The number of allylic oxidation sites excluding steroid dienone is 2. The fraction of sp³-hybridized carbons (Fsp3) is 0.0278. The summed E-state index contributed by atoms with van der Waals surface area (Å²) >= 11 is 0. The molecule has 2 heterocycles. The van der Waals surface area contributed by atoms with Crippen LogP contribution in [0.15, 0.2) is 144 Å². The minimum absolute atomic E-state index is 0.961. The lowest BCUT2D eigenvalue weighted by Gasteiger charge is -2.10. The molecule has 0 atom stereocenters. The van der Waals surface area contributed by atoms with Crippen molar-refractivity contribution in [2.75, 3.05) is 0 Å². The third-order valence-electron chi connectivity index (χ3n) is 7.34. The second kappa shape index (κ2) is 9.17. The zero-order valence-corrected chi connectivity index (χ0v) is 21.1. The zero-order chi connectivity index (χ0) is 25.5. The van der Waals surface area contributed by atoms with Gasteiger partial charge in [-0.15, -0.1) is 0 Å². The number of nitrogens with zero attached hydrogens (tertiary/aromatic N) is 1. The third-order valence-corrected chi connectivity index (χ3v) is 7.34. The van der Waals surface area contributed by atoms with E-state index < -0.39 is 0 Å². The van der Waals surface area contributed by atoms with Crippen LogP contribution in [0.3, 0.4) is 0 Å². The van der Waals surface area contributed by atoms with Crippen LogP contribution in [0.5, 0.6) is 0 Å². The fourth-order valence-corrected chi connectivity index (χ4v) is 5.42. The molecule has 2 heteroatoms. The summed E-state index contributed by atoms with van der Waals surface area (Å²) in [6.07, 6.45) is 4.28. The van der Waals surface area contributed by atoms with Crippen LogP contribution >= 0.6 is 0 Å². The van der Waals surface area contributed by atoms with Gasteiger partial charge in [0, 0.05) is 28.1 Å². The second-order valence-corrected chi connectivity index (χ2v) is 9.80. The quantitative estimate of drug-likeness (QED) is 0.257. The summed E-state index contributed by atoms with van der Waals surface area (Å²) < 4.78 is 0. The van der Waals surface area contributed by atoms with Crippen molar-refractivity contribution >= 4 is 32.8 Å². The number of benzene rings is 5. The largest absolute Gasteiger partial charge is 0.354 e. The fourth-order valence-electron chi connectivity index (χ4n) is 5.42. The topological polar surface area (TPSA) is 28.1 Å². The summed E-state index contributed by atoms with van der Waals surface area (Å²) in [5.41, 5.74) is 9.94. The molecule has 5 aromatic carbocycles. The molecule has 1 N–H and O–H groups in total. The molecule has 1 aliphatic heterocycles. The third kappa shape index (κ3) is 3.88. The van der Waals surface area contributed by atoms with Gasteiger partial charge >= 0.3 is 0 Å². The van der Waals surface area contributed by atoms with Crippen molar-refractivity contribution in [1.82, 2.24) is 4.98 Å². The van der Waals surface area contributed by atoms with E-state index in [1.807, 2.05) is 0 Å². The molecular weight excluding hydrogens is 460 g/mol. The molecule has 1 aliphatic rings. The molecule has 0 fully saturated rings. The van der Waals surface area contributed by atoms with Gasteiger partial charge < -0.3 is 4.98 Å². The van der Waals surface area contributed by atoms with E-state index in [0.717, 1.165) is 39.5 Å². The molecule has 0 saturated carbocycles. The number of aryl methyl sites for hydroxylation is 1. The zero-order valence-electron chi connectivity index (χ0n) is 21.1. The number of aromatic amines is 1. The van der Waals surface area contributed by atoms with E-state index in [0.29, 0.717) is 0 Å². The summed E-state index contributed by atoms with van der Waals surface area (Å²) in [7, 11) is 0. The van der Waals surface area contributed by atoms with Crippen molar-refractivity contribution in [1.29, 1.82) is 0 Å². The average molecular weight is 487 g/mol. The molecule has 180 valence electrons. The molecule has 0 aliphatic carbocycles. The lowest BCUT2D eigenvalue weighted by atomic mass is 9.99. The van der Waals surface area contributed by atoms with Gasteiger partial charge in [0.25, 0.3) is 0 Å². The van der Waals surface area contributed by atoms with Gasteiger partial charge in [0.05, 0.1) is 11.4 Å². The van der Waals surface area contributed by atoms with Crippen LogP contribution in [-0.4, -0.2) is 10.7 Å². The van der Waals surface area contributed by atoms with Gasteiger partial charge in [-0.2, -0.15) is 0 Å². The summed E-state index contributed by atoms with van der Waals surface area (Å²) in [5, 5.41) is 4.92. The number of aromatic nitrogens is 1. The van der Waals surface area contributed by atoms with E-state index in [1.54, 1.807) is 0 Å². The van der Waals surface area contributed by atoms with E-state index in [2.05, 4.69) is 145 Å². The lowest BCUT2D eigenvalue weighted by molar-refractivity contribution is 1.31. The Morgan fingerprint density at radius 2 is 1.21 bits per heavy atom. The summed E-state index contributed by atoms with van der Waals surface area (Å²) in [6.45, 7) is 2.12. The van der Waals surface area contributed by atoms with E-state index in [9.17, 15) is 0 Å². The molecule has 1 aromatic heterocycles. The molecule has 0 unspecified atom stereocenters. The predicted molar refractivity (Wildman–Crippen MR) is 161 cm³/mol. The standard InChI is InChI=1S/C36H26N2/c1-24-16-18-27(19-17-24)36(34-22-20-32(37-34)30-14-6-10-25-8-2-4-12-28(25)30)35-23-21-33(38-35)31-15-7-11-26-9-3-5-13-29(26)31/h2-23,37H,1H3/b36-35-. The highest BCUT2D eigenvalue weighted by Crippen LogP contribution is 2.35. The molecular formula is C36H26N2. The maximum absolute atomic E-state index is 5.18. The van der Waals surface area contributed by atoms with Gasteiger partial charge in [-0.25, -0.2) is 4.99 Å². The summed E-state index contributed by atoms with van der Waals surface area (Å²) in [6, 6.07) is 43.0. The summed E-state index contributed by atoms with van der Waals surface area (Å²) in [4.78, 5) is 8.92. The van der Waals surface area contributed by atoms with Crippen LogP contribution < -0.4 is 0 Å². The van der Waals surface area contributed by atoms with Crippen molar-refractivity contribution in [2.45, 2.75) is 6.92 Å². The van der Waals surface area contributed by atoms with Gasteiger partial charge in [-0.3, -0.25) is 0 Å².